The number of nitrogens with zero attached hydrogens (tertiary/aromatic N) is 2. The van der Waals surface area contributed by atoms with Gasteiger partial charge in [-0.2, -0.15) is 5.10 Å². The Morgan fingerprint density at radius 3 is 2.52 bits per heavy atom. The molecule has 0 unspecified atom stereocenters. The zero-order valence-electron chi connectivity index (χ0n) is 15.3. The standard InChI is InChI=1S/C22H15ClF2N2O2/c1-29-20-9-8-14(24)10-17(20)21-22(28)16-4-2-3-5-19(16)27(26-21)12-13-6-7-15(25)11-18(13)23/h2-11H,12H2,1H3. The fourth-order valence-corrected chi connectivity index (χ4v) is 3.44. The minimum Gasteiger partial charge on any atom is -0.496 e. The maximum absolute atomic E-state index is 13.9. The largest absolute Gasteiger partial charge is 0.496 e. The molecule has 4 rings (SSSR count). The highest BCUT2D eigenvalue weighted by Crippen LogP contribution is 2.29. The van der Waals surface area contributed by atoms with Gasteiger partial charge in [0, 0.05) is 10.4 Å². The molecular formula is C22H15ClF2N2O2. The van der Waals surface area contributed by atoms with E-state index >= 15 is 0 Å². The number of rotatable bonds is 4. The van der Waals surface area contributed by atoms with Crippen molar-refractivity contribution in [2.75, 3.05) is 7.11 Å². The fraction of sp³-hybridized carbons (Fsp3) is 0.0909. The van der Waals surface area contributed by atoms with Gasteiger partial charge in [-0.05, 0) is 48.0 Å². The van der Waals surface area contributed by atoms with Gasteiger partial charge in [0.2, 0.25) is 5.43 Å². The summed E-state index contributed by atoms with van der Waals surface area (Å²) >= 11 is 6.17. The number of para-hydroxylation sites is 1. The molecule has 3 aromatic carbocycles. The Bertz CT molecular complexity index is 1290. The van der Waals surface area contributed by atoms with Crippen molar-refractivity contribution in [3.8, 4) is 17.0 Å². The van der Waals surface area contributed by atoms with E-state index in [9.17, 15) is 13.6 Å². The Balaban J connectivity index is 1.97. The van der Waals surface area contributed by atoms with Crippen LogP contribution >= 0.6 is 11.6 Å². The van der Waals surface area contributed by atoms with Gasteiger partial charge >= 0.3 is 0 Å². The Hall–Kier alpha value is -3.25. The van der Waals surface area contributed by atoms with E-state index in [4.69, 9.17) is 16.3 Å². The molecule has 0 aliphatic rings. The number of aromatic nitrogens is 2. The molecule has 0 saturated carbocycles. The summed E-state index contributed by atoms with van der Waals surface area (Å²) in [5, 5.41) is 5.15. The van der Waals surface area contributed by atoms with E-state index in [0.29, 0.717) is 22.2 Å². The van der Waals surface area contributed by atoms with Crippen LogP contribution in [-0.4, -0.2) is 16.9 Å². The molecule has 146 valence electrons. The van der Waals surface area contributed by atoms with Crippen molar-refractivity contribution in [1.29, 1.82) is 0 Å². The highest BCUT2D eigenvalue weighted by molar-refractivity contribution is 6.31. The van der Waals surface area contributed by atoms with Crippen LogP contribution in [0.2, 0.25) is 5.02 Å². The van der Waals surface area contributed by atoms with Crippen molar-refractivity contribution in [1.82, 2.24) is 9.78 Å². The van der Waals surface area contributed by atoms with Gasteiger partial charge in [-0.25, -0.2) is 8.78 Å². The second-order valence-corrected chi connectivity index (χ2v) is 6.84. The van der Waals surface area contributed by atoms with Gasteiger partial charge in [0.1, 0.15) is 23.1 Å². The molecule has 0 bridgehead atoms. The number of fused-ring (bicyclic) bond motifs is 1. The Labute approximate surface area is 169 Å². The third kappa shape index (κ3) is 3.59. The fourth-order valence-electron chi connectivity index (χ4n) is 3.21. The molecule has 0 amide bonds. The normalized spacial score (nSPS) is 11.0. The number of hydrogen-bond acceptors (Lipinski definition) is 3. The lowest BCUT2D eigenvalue weighted by Gasteiger charge is -2.14. The quantitative estimate of drug-likeness (QED) is 0.471. The molecule has 0 atom stereocenters. The van der Waals surface area contributed by atoms with E-state index in [-0.39, 0.29) is 28.3 Å². The van der Waals surface area contributed by atoms with E-state index in [1.807, 2.05) is 0 Å². The molecule has 7 heteroatoms. The van der Waals surface area contributed by atoms with Crippen LogP contribution in [0.15, 0.2) is 65.5 Å². The lowest BCUT2D eigenvalue weighted by Crippen LogP contribution is -2.17. The van der Waals surface area contributed by atoms with Crippen LogP contribution in [0.5, 0.6) is 5.75 Å². The minimum atomic E-state index is -0.511. The van der Waals surface area contributed by atoms with Gasteiger partial charge in [-0.15, -0.1) is 0 Å². The SMILES string of the molecule is COc1ccc(F)cc1-c1nn(Cc2ccc(F)cc2Cl)c2ccccc2c1=O. The van der Waals surface area contributed by atoms with Crippen molar-refractivity contribution in [3.05, 3.63) is 93.1 Å². The van der Waals surface area contributed by atoms with Crippen LogP contribution in [0.3, 0.4) is 0 Å². The van der Waals surface area contributed by atoms with Crippen molar-refractivity contribution < 1.29 is 13.5 Å². The van der Waals surface area contributed by atoms with Crippen LogP contribution in [0.1, 0.15) is 5.56 Å². The molecule has 29 heavy (non-hydrogen) atoms. The van der Waals surface area contributed by atoms with Gasteiger partial charge in [-0.1, -0.05) is 29.8 Å². The number of hydrogen-bond donors (Lipinski definition) is 0. The summed E-state index contributed by atoms with van der Waals surface area (Å²) < 4.78 is 34.2. The van der Waals surface area contributed by atoms with Gasteiger partial charge in [0.15, 0.2) is 0 Å². The van der Waals surface area contributed by atoms with E-state index in [1.165, 1.54) is 37.4 Å². The van der Waals surface area contributed by atoms with Gasteiger partial charge < -0.3 is 4.74 Å². The van der Waals surface area contributed by atoms with Gasteiger partial charge in [0.25, 0.3) is 0 Å². The molecule has 1 aromatic heterocycles. The summed E-state index contributed by atoms with van der Waals surface area (Å²) in [7, 11) is 1.44. The summed E-state index contributed by atoms with van der Waals surface area (Å²) in [4.78, 5) is 13.1. The molecule has 0 radical (unpaired) electrons. The summed E-state index contributed by atoms with van der Waals surface area (Å²) in [5.74, 6) is -0.623. The van der Waals surface area contributed by atoms with Crippen molar-refractivity contribution >= 4 is 22.5 Å². The minimum absolute atomic E-state index is 0.0540. The van der Waals surface area contributed by atoms with Gasteiger partial charge in [0.05, 0.1) is 24.7 Å². The topological polar surface area (TPSA) is 44.1 Å². The maximum Gasteiger partial charge on any atom is 0.216 e. The first kappa shape index (κ1) is 19.1. The molecule has 0 fully saturated rings. The zero-order valence-corrected chi connectivity index (χ0v) is 16.1. The number of benzene rings is 3. The summed E-state index contributed by atoms with van der Waals surface area (Å²) in [5.41, 5.74) is 1.18. The lowest BCUT2D eigenvalue weighted by molar-refractivity contribution is 0.415. The molecule has 4 nitrogen and oxygen atoms in total. The van der Waals surface area contributed by atoms with Crippen molar-refractivity contribution in [2.24, 2.45) is 0 Å². The molecule has 0 spiro atoms. The van der Waals surface area contributed by atoms with E-state index in [0.717, 1.165) is 0 Å². The first-order chi connectivity index (χ1) is 14.0. The summed E-state index contributed by atoms with van der Waals surface area (Å²) in [6, 6.07) is 15.0. The first-order valence-corrected chi connectivity index (χ1v) is 9.13. The molecule has 4 aromatic rings. The number of halogens is 3. The first-order valence-electron chi connectivity index (χ1n) is 8.75. The third-order valence-electron chi connectivity index (χ3n) is 4.61. The number of methoxy groups -OCH3 is 1. The molecule has 0 saturated heterocycles. The molecule has 1 heterocycles. The van der Waals surface area contributed by atoms with Crippen LogP contribution in [0, 0.1) is 11.6 Å². The van der Waals surface area contributed by atoms with Crippen molar-refractivity contribution in [2.45, 2.75) is 6.54 Å². The van der Waals surface area contributed by atoms with E-state index < -0.39 is 11.6 Å². The summed E-state index contributed by atoms with van der Waals surface area (Å²) in [6.45, 7) is 0.199. The smallest absolute Gasteiger partial charge is 0.216 e. The molecular weight excluding hydrogens is 398 g/mol. The second-order valence-electron chi connectivity index (χ2n) is 6.43. The maximum atomic E-state index is 13.9. The predicted molar refractivity (Wildman–Crippen MR) is 108 cm³/mol. The monoisotopic (exact) mass is 412 g/mol. The number of ether oxygens (including phenoxy) is 1. The lowest BCUT2D eigenvalue weighted by atomic mass is 10.1. The van der Waals surface area contributed by atoms with Crippen LogP contribution in [-0.2, 0) is 6.54 Å². The average molecular weight is 413 g/mol. The van der Waals surface area contributed by atoms with Gasteiger partial charge in [-0.3, -0.25) is 9.48 Å². The Morgan fingerprint density at radius 1 is 1.03 bits per heavy atom. The van der Waals surface area contributed by atoms with Crippen LogP contribution < -0.4 is 10.2 Å². The molecule has 0 aliphatic heterocycles. The summed E-state index contributed by atoms with van der Waals surface area (Å²) in [6.07, 6.45) is 0. The second kappa shape index (κ2) is 7.64. The van der Waals surface area contributed by atoms with Crippen LogP contribution in [0.25, 0.3) is 22.2 Å². The molecule has 0 N–H and O–H groups in total. The average Bonchev–Trinajstić information content (AvgIpc) is 2.72. The zero-order chi connectivity index (χ0) is 20.5. The van der Waals surface area contributed by atoms with Crippen LogP contribution in [0.4, 0.5) is 8.78 Å². The van der Waals surface area contributed by atoms with Crippen molar-refractivity contribution in [3.63, 3.8) is 0 Å². The predicted octanol–water partition coefficient (Wildman–Crippen LogP) is 5.05. The highest BCUT2D eigenvalue weighted by Gasteiger charge is 2.17. The van der Waals surface area contributed by atoms with E-state index in [1.54, 1.807) is 35.0 Å². The molecule has 0 aliphatic carbocycles. The Kier molecular flexibility index (Phi) is 5.03. The Morgan fingerprint density at radius 2 is 1.76 bits per heavy atom. The van der Waals surface area contributed by atoms with E-state index in [2.05, 4.69) is 5.10 Å². The third-order valence-corrected chi connectivity index (χ3v) is 4.97. The highest BCUT2D eigenvalue weighted by atomic mass is 35.5.